The van der Waals surface area contributed by atoms with E-state index in [0.717, 1.165) is 19.4 Å². The summed E-state index contributed by atoms with van der Waals surface area (Å²) >= 11 is 0. The molecule has 2 rings (SSSR count). The molecule has 0 aromatic heterocycles. The number of carboxylic acids is 1. The van der Waals surface area contributed by atoms with Gasteiger partial charge in [0.05, 0.1) is 6.54 Å². The lowest BCUT2D eigenvalue weighted by Gasteiger charge is -2.34. The van der Waals surface area contributed by atoms with Gasteiger partial charge in [0.25, 0.3) is 0 Å². The Morgan fingerprint density at radius 2 is 2.17 bits per heavy atom. The van der Waals surface area contributed by atoms with Gasteiger partial charge in [-0.2, -0.15) is 0 Å². The highest BCUT2D eigenvalue weighted by molar-refractivity contribution is 5.80. The van der Waals surface area contributed by atoms with E-state index in [1.807, 2.05) is 11.8 Å². The quantitative estimate of drug-likeness (QED) is 0.683. The van der Waals surface area contributed by atoms with Crippen molar-refractivity contribution >= 4 is 11.9 Å². The maximum absolute atomic E-state index is 12.2. The first-order chi connectivity index (χ1) is 8.63. The number of hydrogen-bond acceptors (Lipinski definition) is 4. The molecule has 1 aliphatic heterocycles. The van der Waals surface area contributed by atoms with Gasteiger partial charge in [0.1, 0.15) is 6.04 Å². The lowest BCUT2D eigenvalue weighted by Crippen LogP contribution is -2.57. The summed E-state index contributed by atoms with van der Waals surface area (Å²) in [5.41, 5.74) is 0. The second kappa shape index (κ2) is 5.67. The van der Waals surface area contributed by atoms with Crippen LogP contribution in [0.25, 0.3) is 0 Å². The molecular weight excluding hydrogens is 234 g/mol. The van der Waals surface area contributed by atoms with Crippen molar-refractivity contribution in [2.75, 3.05) is 32.7 Å². The van der Waals surface area contributed by atoms with Crippen LogP contribution >= 0.6 is 0 Å². The van der Waals surface area contributed by atoms with Gasteiger partial charge in [0.15, 0.2) is 0 Å². The zero-order valence-electron chi connectivity index (χ0n) is 10.8. The lowest BCUT2D eigenvalue weighted by atomic mass is 10.2. The van der Waals surface area contributed by atoms with Gasteiger partial charge in [-0.05, 0) is 19.8 Å². The number of carbonyl (C=O) groups is 2. The van der Waals surface area contributed by atoms with Crippen molar-refractivity contribution in [3.05, 3.63) is 0 Å². The standard InChI is InChI=1S/C12H21N3O3/c1-2-15(9-3-4-9)11(16)8-14-6-5-13-7-10(14)12(17)18/h9-10,13H,2-8H2,1H3,(H,17,18). The van der Waals surface area contributed by atoms with Crippen LogP contribution in [0.2, 0.25) is 0 Å². The summed E-state index contributed by atoms with van der Waals surface area (Å²) in [6, 6.07) is -0.186. The van der Waals surface area contributed by atoms with Gasteiger partial charge in [-0.1, -0.05) is 0 Å². The fourth-order valence-corrected chi connectivity index (χ4v) is 2.47. The summed E-state index contributed by atoms with van der Waals surface area (Å²) in [7, 11) is 0. The largest absolute Gasteiger partial charge is 0.480 e. The van der Waals surface area contributed by atoms with Crippen LogP contribution in [0, 0.1) is 0 Å². The predicted octanol–water partition coefficient (Wildman–Crippen LogP) is -0.644. The van der Waals surface area contributed by atoms with E-state index < -0.39 is 12.0 Å². The van der Waals surface area contributed by atoms with Gasteiger partial charge in [-0.3, -0.25) is 14.5 Å². The second-order valence-electron chi connectivity index (χ2n) is 4.94. The van der Waals surface area contributed by atoms with Crippen LogP contribution in [-0.4, -0.2) is 71.6 Å². The monoisotopic (exact) mass is 255 g/mol. The molecule has 0 spiro atoms. The molecule has 1 saturated carbocycles. The van der Waals surface area contributed by atoms with Crippen LogP contribution in [0.15, 0.2) is 0 Å². The Kier molecular flexibility index (Phi) is 4.19. The normalized spacial score (nSPS) is 24.8. The summed E-state index contributed by atoms with van der Waals surface area (Å²) in [6.07, 6.45) is 2.17. The Morgan fingerprint density at radius 1 is 1.44 bits per heavy atom. The molecule has 0 bridgehead atoms. The average molecular weight is 255 g/mol. The number of piperazine rings is 1. The number of rotatable bonds is 5. The van der Waals surface area contributed by atoms with Crippen molar-refractivity contribution in [1.82, 2.24) is 15.1 Å². The van der Waals surface area contributed by atoms with Crippen molar-refractivity contribution in [2.24, 2.45) is 0 Å². The molecule has 6 heteroatoms. The molecule has 1 saturated heterocycles. The average Bonchev–Trinajstić information content (AvgIpc) is 3.15. The molecule has 1 aliphatic carbocycles. The van der Waals surface area contributed by atoms with Crippen LogP contribution < -0.4 is 5.32 Å². The van der Waals surface area contributed by atoms with Crippen LogP contribution in [-0.2, 0) is 9.59 Å². The topological polar surface area (TPSA) is 72.9 Å². The summed E-state index contributed by atoms with van der Waals surface area (Å²) in [6.45, 7) is 4.69. The second-order valence-corrected chi connectivity index (χ2v) is 4.94. The van der Waals surface area contributed by atoms with Crippen molar-refractivity contribution in [3.8, 4) is 0 Å². The van der Waals surface area contributed by atoms with Crippen LogP contribution in [0.1, 0.15) is 19.8 Å². The maximum atomic E-state index is 12.2. The molecule has 1 unspecified atom stereocenters. The summed E-state index contributed by atoms with van der Waals surface area (Å²) in [5, 5.41) is 12.2. The van der Waals surface area contributed by atoms with E-state index in [1.165, 1.54) is 0 Å². The zero-order chi connectivity index (χ0) is 13.1. The van der Waals surface area contributed by atoms with Gasteiger partial charge in [0.2, 0.25) is 5.91 Å². The van der Waals surface area contributed by atoms with Crippen molar-refractivity contribution in [2.45, 2.75) is 31.8 Å². The molecular formula is C12H21N3O3. The van der Waals surface area contributed by atoms with Gasteiger partial charge < -0.3 is 15.3 Å². The first-order valence-electron chi connectivity index (χ1n) is 6.60. The molecule has 0 radical (unpaired) electrons. The molecule has 6 nitrogen and oxygen atoms in total. The SMILES string of the molecule is CCN(C(=O)CN1CCNCC1C(=O)O)C1CC1. The van der Waals surface area contributed by atoms with E-state index in [9.17, 15) is 9.59 Å². The minimum absolute atomic E-state index is 0.0631. The van der Waals surface area contributed by atoms with Crippen molar-refractivity contribution < 1.29 is 14.7 Å². The van der Waals surface area contributed by atoms with Gasteiger partial charge in [-0.15, -0.1) is 0 Å². The van der Waals surface area contributed by atoms with E-state index in [0.29, 0.717) is 25.7 Å². The number of nitrogens with one attached hydrogen (secondary N) is 1. The number of amides is 1. The third kappa shape index (κ3) is 3.00. The first-order valence-corrected chi connectivity index (χ1v) is 6.60. The fourth-order valence-electron chi connectivity index (χ4n) is 2.47. The van der Waals surface area contributed by atoms with Gasteiger partial charge >= 0.3 is 5.97 Å². The summed E-state index contributed by atoms with van der Waals surface area (Å²) in [4.78, 5) is 26.9. The number of hydrogen-bond donors (Lipinski definition) is 2. The summed E-state index contributed by atoms with van der Waals surface area (Å²) in [5.74, 6) is -0.794. The Bertz CT molecular complexity index is 331. The van der Waals surface area contributed by atoms with Gasteiger partial charge in [0, 0.05) is 32.2 Å². The molecule has 2 fully saturated rings. The maximum Gasteiger partial charge on any atom is 0.322 e. The lowest BCUT2D eigenvalue weighted by molar-refractivity contribution is -0.145. The Balaban J connectivity index is 1.93. The Labute approximate surface area is 107 Å². The van der Waals surface area contributed by atoms with Crippen LogP contribution in [0.3, 0.4) is 0 Å². The highest BCUT2D eigenvalue weighted by Crippen LogP contribution is 2.26. The van der Waals surface area contributed by atoms with Crippen LogP contribution in [0.4, 0.5) is 0 Å². The third-order valence-electron chi connectivity index (χ3n) is 3.63. The predicted molar refractivity (Wildman–Crippen MR) is 66.3 cm³/mol. The first kappa shape index (κ1) is 13.3. The third-order valence-corrected chi connectivity index (χ3v) is 3.63. The molecule has 18 heavy (non-hydrogen) atoms. The molecule has 0 aromatic carbocycles. The Hall–Kier alpha value is -1.14. The minimum atomic E-state index is -0.857. The number of likely N-dealkylation sites (N-methyl/N-ethyl adjacent to an activating group) is 1. The molecule has 1 heterocycles. The number of carbonyl (C=O) groups excluding carboxylic acids is 1. The molecule has 2 aliphatic rings. The minimum Gasteiger partial charge on any atom is -0.480 e. The number of nitrogens with zero attached hydrogens (tertiary/aromatic N) is 2. The fraction of sp³-hybridized carbons (Fsp3) is 0.833. The number of carboxylic acid groups (broad SMARTS) is 1. The van der Waals surface area contributed by atoms with E-state index in [-0.39, 0.29) is 12.5 Å². The molecule has 102 valence electrons. The highest BCUT2D eigenvalue weighted by Gasteiger charge is 2.35. The smallest absolute Gasteiger partial charge is 0.322 e. The highest BCUT2D eigenvalue weighted by atomic mass is 16.4. The summed E-state index contributed by atoms with van der Waals surface area (Å²) < 4.78 is 0. The molecule has 1 amide bonds. The number of aliphatic carboxylic acids is 1. The van der Waals surface area contributed by atoms with E-state index in [4.69, 9.17) is 5.11 Å². The van der Waals surface area contributed by atoms with Crippen molar-refractivity contribution in [3.63, 3.8) is 0 Å². The van der Waals surface area contributed by atoms with E-state index in [2.05, 4.69) is 5.32 Å². The molecule has 2 N–H and O–H groups in total. The molecule has 0 aromatic rings. The zero-order valence-corrected chi connectivity index (χ0v) is 10.8. The van der Waals surface area contributed by atoms with Crippen LogP contribution in [0.5, 0.6) is 0 Å². The molecule has 1 atom stereocenters. The Morgan fingerprint density at radius 3 is 2.72 bits per heavy atom. The van der Waals surface area contributed by atoms with E-state index in [1.54, 1.807) is 4.90 Å². The van der Waals surface area contributed by atoms with Crippen molar-refractivity contribution in [1.29, 1.82) is 0 Å². The van der Waals surface area contributed by atoms with E-state index >= 15 is 0 Å². The van der Waals surface area contributed by atoms with Gasteiger partial charge in [-0.25, -0.2) is 0 Å².